The van der Waals surface area contributed by atoms with Gasteiger partial charge in [-0.3, -0.25) is 4.98 Å². The predicted octanol–water partition coefficient (Wildman–Crippen LogP) is 6.63. The molecule has 0 saturated carbocycles. The van der Waals surface area contributed by atoms with Crippen molar-refractivity contribution in [3.63, 3.8) is 0 Å². The minimum Gasteiger partial charge on any atom is -0.465 e. The second-order valence-corrected chi connectivity index (χ2v) is 9.60. The summed E-state index contributed by atoms with van der Waals surface area (Å²) >= 11 is 5.91. The minimum absolute atomic E-state index is 0.243. The smallest absolute Gasteiger partial charge is 0.339 e. The van der Waals surface area contributed by atoms with Crippen molar-refractivity contribution in [2.24, 2.45) is 0 Å². The quantitative estimate of drug-likeness (QED) is 0.182. The molecule has 40 heavy (non-hydrogen) atoms. The Bertz CT molecular complexity index is 1640. The van der Waals surface area contributed by atoms with Gasteiger partial charge in [-0.2, -0.15) is 0 Å². The van der Waals surface area contributed by atoms with Crippen LogP contribution in [0.4, 0.5) is 5.69 Å². The lowest BCUT2D eigenvalue weighted by molar-refractivity contribution is 0.0600. The van der Waals surface area contributed by atoms with Gasteiger partial charge in [0.05, 0.1) is 30.1 Å². The van der Waals surface area contributed by atoms with Crippen molar-refractivity contribution in [3.05, 3.63) is 139 Å². The van der Waals surface area contributed by atoms with Gasteiger partial charge in [0, 0.05) is 23.8 Å². The van der Waals surface area contributed by atoms with Crippen LogP contribution in [0.2, 0.25) is 0 Å². The molecule has 0 amide bonds. The van der Waals surface area contributed by atoms with Crippen LogP contribution in [0.1, 0.15) is 33.8 Å². The number of hydrogen-bond acceptors (Lipinski definition) is 5. The molecule has 2 atom stereocenters. The van der Waals surface area contributed by atoms with Gasteiger partial charge >= 0.3 is 5.97 Å². The number of para-hydroxylation sites is 2. The van der Waals surface area contributed by atoms with E-state index in [-0.39, 0.29) is 12.1 Å². The van der Waals surface area contributed by atoms with Crippen LogP contribution in [0.15, 0.2) is 122 Å². The first-order chi connectivity index (χ1) is 19.6. The number of rotatable bonds is 7. The van der Waals surface area contributed by atoms with Gasteiger partial charge in [0.1, 0.15) is 17.5 Å². The fourth-order valence-electron chi connectivity index (χ4n) is 5.05. The Labute approximate surface area is 237 Å². The molecule has 1 aliphatic rings. The number of carbonyl (C=O) groups excluding carboxylic acids is 1. The van der Waals surface area contributed by atoms with Crippen LogP contribution in [-0.2, 0) is 4.74 Å². The molecule has 1 N–H and O–H groups in total. The van der Waals surface area contributed by atoms with Gasteiger partial charge in [-0.15, -0.1) is 0 Å². The highest BCUT2D eigenvalue weighted by molar-refractivity contribution is 7.80. The Kier molecular flexibility index (Phi) is 6.99. The average Bonchev–Trinajstić information content (AvgIpc) is 3.62. The maximum Gasteiger partial charge on any atom is 0.339 e. The third-order valence-corrected chi connectivity index (χ3v) is 7.16. The Morgan fingerprint density at radius 2 is 1.57 bits per heavy atom. The summed E-state index contributed by atoms with van der Waals surface area (Å²) in [5.74, 6) is 1.09. The van der Waals surface area contributed by atoms with Crippen LogP contribution in [-0.4, -0.2) is 27.7 Å². The number of nitrogens with one attached hydrogen (secondary N) is 1. The van der Waals surface area contributed by atoms with E-state index in [2.05, 4.69) is 15.2 Å². The highest BCUT2D eigenvalue weighted by atomic mass is 32.1. The third-order valence-electron chi connectivity index (χ3n) is 6.84. The van der Waals surface area contributed by atoms with E-state index in [1.165, 1.54) is 7.11 Å². The highest BCUT2D eigenvalue weighted by Crippen LogP contribution is 2.43. The van der Waals surface area contributed by atoms with Crippen LogP contribution < -0.4 is 15.0 Å². The number of aromatic nitrogens is 2. The zero-order valence-corrected chi connectivity index (χ0v) is 22.5. The number of thiocarbonyl (C=S) groups is 1. The van der Waals surface area contributed by atoms with Gasteiger partial charge in [-0.05, 0) is 85.0 Å². The molecule has 0 unspecified atom stereocenters. The molecule has 6 rings (SSSR count). The molecule has 0 spiro atoms. The van der Waals surface area contributed by atoms with Gasteiger partial charge in [0.25, 0.3) is 0 Å². The van der Waals surface area contributed by atoms with Gasteiger partial charge in [0.15, 0.2) is 5.11 Å². The van der Waals surface area contributed by atoms with E-state index in [0.29, 0.717) is 10.7 Å². The lowest BCUT2D eigenvalue weighted by atomic mass is 10.0. The summed E-state index contributed by atoms with van der Waals surface area (Å²) in [5.41, 5.74) is 3.88. The van der Waals surface area contributed by atoms with Crippen LogP contribution in [0.3, 0.4) is 0 Å². The number of hydrogen-bond donors (Lipinski definition) is 1. The van der Waals surface area contributed by atoms with Crippen molar-refractivity contribution < 1.29 is 14.3 Å². The van der Waals surface area contributed by atoms with Gasteiger partial charge in [0.2, 0.25) is 0 Å². The second-order valence-electron chi connectivity index (χ2n) is 9.22. The van der Waals surface area contributed by atoms with Crippen molar-refractivity contribution in [3.8, 4) is 17.2 Å². The predicted molar refractivity (Wildman–Crippen MR) is 158 cm³/mol. The van der Waals surface area contributed by atoms with Gasteiger partial charge in [-0.25, -0.2) is 4.79 Å². The zero-order chi connectivity index (χ0) is 27.5. The first kappa shape index (κ1) is 25.3. The van der Waals surface area contributed by atoms with Crippen molar-refractivity contribution >= 4 is 29.0 Å². The molecule has 5 aromatic rings. The standard InChI is InChI=1S/C32H26N4O3S/c1-38-31(37)25-12-5-6-14-27(25)35-21-9-15-28(35)30-29(26-13-7-8-20-33-26)34-32(40)36(30)22-16-18-24(19-17-22)39-23-10-3-2-4-11-23/h2-21,29-30H,1H3,(H,34,40)/t29-,30+/m1/s1. The Balaban J connectivity index is 1.43. The molecule has 1 aliphatic heterocycles. The lowest BCUT2D eigenvalue weighted by Gasteiger charge is -2.29. The first-order valence-corrected chi connectivity index (χ1v) is 13.2. The third kappa shape index (κ3) is 4.81. The molecular formula is C32H26N4O3S. The van der Waals surface area contributed by atoms with Crippen molar-refractivity contribution in [1.29, 1.82) is 0 Å². The molecule has 3 aromatic carbocycles. The Morgan fingerprint density at radius 1 is 0.850 bits per heavy atom. The molecule has 0 radical (unpaired) electrons. The molecule has 8 heteroatoms. The van der Waals surface area contributed by atoms with Gasteiger partial charge < -0.3 is 24.3 Å². The normalized spacial score (nSPS) is 16.4. The lowest BCUT2D eigenvalue weighted by Crippen LogP contribution is -2.30. The number of esters is 1. The van der Waals surface area contributed by atoms with E-state index in [9.17, 15) is 4.79 Å². The zero-order valence-electron chi connectivity index (χ0n) is 21.7. The average molecular weight is 547 g/mol. The Morgan fingerprint density at radius 3 is 2.33 bits per heavy atom. The highest BCUT2D eigenvalue weighted by Gasteiger charge is 2.42. The molecular weight excluding hydrogens is 520 g/mol. The van der Waals surface area contributed by atoms with E-state index < -0.39 is 5.97 Å². The first-order valence-electron chi connectivity index (χ1n) is 12.8. The molecule has 198 valence electrons. The van der Waals surface area contributed by atoms with E-state index in [1.54, 1.807) is 12.3 Å². The van der Waals surface area contributed by atoms with E-state index in [4.69, 9.17) is 21.7 Å². The maximum absolute atomic E-state index is 12.6. The molecule has 0 aliphatic carbocycles. The summed E-state index contributed by atoms with van der Waals surface area (Å²) in [4.78, 5) is 19.4. The van der Waals surface area contributed by atoms with E-state index in [0.717, 1.165) is 34.3 Å². The molecule has 1 fully saturated rings. The van der Waals surface area contributed by atoms with Gasteiger partial charge in [-0.1, -0.05) is 36.4 Å². The fourth-order valence-corrected chi connectivity index (χ4v) is 5.40. The second kappa shape index (κ2) is 11.0. The minimum atomic E-state index is -0.401. The van der Waals surface area contributed by atoms with Crippen molar-refractivity contribution in [2.75, 3.05) is 12.0 Å². The van der Waals surface area contributed by atoms with Crippen LogP contribution in [0.5, 0.6) is 11.5 Å². The number of carbonyl (C=O) groups is 1. The van der Waals surface area contributed by atoms with E-state index >= 15 is 0 Å². The largest absolute Gasteiger partial charge is 0.465 e. The molecule has 0 bridgehead atoms. The Hall–Kier alpha value is -4.95. The monoisotopic (exact) mass is 546 g/mol. The summed E-state index contributed by atoms with van der Waals surface area (Å²) in [6.07, 6.45) is 3.73. The maximum atomic E-state index is 12.6. The molecule has 1 saturated heterocycles. The van der Waals surface area contributed by atoms with E-state index in [1.807, 2.05) is 114 Å². The van der Waals surface area contributed by atoms with Crippen LogP contribution >= 0.6 is 12.2 Å². The summed E-state index contributed by atoms with van der Waals surface area (Å²) < 4.78 is 13.1. The summed E-state index contributed by atoms with van der Waals surface area (Å²) in [5, 5.41) is 4.07. The summed E-state index contributed by atoms with van der Waals surface area (Å²) in [6.45, 7) is 0. The van der Waals surface area contributed by atoms with Crippen molar-refractivity contribution in [1.82, 2.24) is 14.9 Å². The summed E-state index contributed by atoms with van der Waals surface area (Å²) in [7, 11) is 1.39. The topological polar surface area (TPSA) is 68.6 Å². The number of anilines is 1. The SMILES string of the molecule is COC(=O)c1ccccc1-n1cccc1[C@H]1[C@@H](c2ccccn2)NC(=S)N1c1ccc(Oc2ccccc2)cc1. The molecule has 7 nitrogen and oxygen atoms in total. The summed E-state index contributed by atoms with van der Waals surface area (Å²) in [6, 6.07) is 34.3. The number of benzene rings is 3. The van der Waals surface area contributed by atoms with Crippen LogP contribution in [0.25, 0.3) is 5.69 Å². The molecule has 3 heterocycles. The number of methoxy groups -OCH3 is 1. The number of pyridine rings is 1. The van der Waals surface area contributed by atoms with Crippen LogP contribution in [0, 0.1) is 0 Å². The number of nitrogens with zero attached hydrogens (tertiary/aromatic N) is 3. The van der Waals surface area contributed by atoms with Crippen molar-refractivity contribution in [2.45, 2.75) is 12.1 Å². The number of ether oxygens (including phenoxy) is 2. The fraction of sp³-hybridized carbons (Fsp3) is 0.0938. The molecule has 2 aromatic heterocycles.